The number of methoxy groups -OCH3 is 1. The summed E-state index contributed by atoms with van der Waals surface area (Å²) in [5.41, 5.74) is 0. The maximum atomic E-state index is 5.39. The van der Waals surface area contributed by atoms with E-state index in [0.29, 0.717) is 5.92 Å². The summed E-state index contributed by atoms with van der Waals surface area (Å²) in [7, 11) is 1.74. The molecule has 0 amide bonds. The highest BCUT2D eigenvalue weighted by atomic mass is 79.9. The maximum Gasteiger partial charge on any atom is 0.123 e. The predicted octanol–water partition coefficient (Wildman–Crippen LogP) is 3.64. The van der Waals surface area contributed by atoms with Crippen molar-refractivity contribution < 1.29 is 4.74 Å². The Labute approximate surface area is 91.5 Å². The van der Waals surface area contributed by atoms with Gasteiger partial charge in [-0.2, -0.15) is 0 Å². The third-order valence-electron chi connectivity index (χ3n) is 1.74. The minimum absolute atomic E-state index is 0.149. The van der Waals surface area contributed by atoms with Gasteiger partial charge >= 0.3 is 0 Å². The highest BCUT2D eigenvalue weighted by molar-refractivity contribution is 9.10. The van der Waals surface area contributed by atoms with E-state index in [2.05, 4.69) is 34.8 Å². The summed E-state index contributed by atoms with van der Waals surface area (Å²) >= 11 is 4.98. The lowest BCUT2D eigenvalue weighted by molar-refractivity contribution is 0.0842. The molecule has 74 valence electrons. The molecule has 4 heteroatoms. The summed E-state index contributed by atoms with van der Waals surface area (Å²) < 4.78 is 6.29. The lowest BCUT2D eigenvalue weighted by Gasteiger charge is -2.14. The number of rotatable bonds is 4. The lowest BCUT2D eigenvalue weighted by Crippen LogP contribution is -2.04. The van der Waals surface area contributed by atoms with Gasteiger partial charge in [0.15, 0.2) is 0 Å². The van der Waals surface area contributed by atoms with Gasteiger partial charge in [-0.15, -0.1) is 11.3 Å². The average Bonchev–Trinajstić information content (AvgIpc) is 2.47. The van der Waals surface area contributed by atoms with E-state index in [4.69, 9.17) is 4.74 Å². The van der Waals surface area contributed by atoms with E-state index in [0.717, 1.165) is 16.0 Å². The second kappa shape index (κ2) is 5.08. The predicted molar refractivity (Wildman–Crippen MR) is 59.0 cm³/mol. The number of hydrogen-bond donors (Lipinski definition) is 0. The fraction of sp³-hybridized carbons (Fsp3) is 0.667. The van der Waals surface area contributed by atoms with Gasteiger partial charge in [0.05, 0.1) is 0 Å². The van der Waals surface area contributed by atoms with Crippen molar-refractivity contribution in [3.05, 3.63) is 15.0 Å². The molecule has 0 aliphatic rings. The van der Waals surface area contributed by atoms with Crippen molar-refractivity contribution in [1.29, 1.82) is 0 Å². The van der Waals surface area contributed by atoms with Crippen LogP contribution in [0.2, 0.25) is 0 Å². The van der Waals surface area contributed by atoms with Gasteiger partial charge in [-0.25, -0.2) is 4.98 Å². The Kier molecular flexibility index (Phi) is 4.35. The van der Waals surface area contributed by atoms with Crippen LogP contribution in [-0.4, -0.2) is 12.1 Å². The number of ether oxygens (including phenoxy) is 1. The Hall–Kier alpha value is 0.0700. The van der Waals surface area contributed by atoms with Crippen molar-refractivity contribution in [3.63, 3.8) is 0 Å². The van der Waals surface area contributed by atoms with Gasteiger partial charge in [-0.1, -0.05) is 13.8 Å². The molecule has 0 N–H and O–H groups in total. The normalized spacial score (nSPS) is 13.6. The van der Waals surface area contributed by atoms with Gasteiger partial charge in [-0.3, -0.25) is 0 Å². The molecule has 1 rings (SSSR count). The van der Waals surface area contributed by atoms with E-state index in [9.17, 15) is 0 Å². The first-order valence-electron chi connectivity index (χ1n) is 4.27. The van der Waals surface area contributed by atoms with E-state index in [1.807, 2.05) is 5.38 Å². The summed E-state index contributed by atoms with van der Waals surface area (Å²) in [5.74, 6) is 0.632. The Morgan fingerprint density at radius 1 is 1.62 bits per heavy atom. The van der Waals surface area contributed by atoms with Gasteiger partial charge in [0, 0.05) is 12.5 Å². The van der Waals surface area contributed by atoms with Gasteiger partial charge in [-0.05, 0) is 28.3 Å². The molecule has 0 aliphatic heterocycles. The molecular formula is C9H14BrNOS. The fourth-order valence-electron chi connectivity index (χ4n) is 1.14. The second-order valence-corrected chi connectivity index (χ2v) is 5.06. The van der Waals surface area contributed by atoms with Crippen molar-refractivity contribution >= 4 is 27.3 Å². The maximum absolute atomic E-state index is 5.39. The van der Waals surface area contributed by atoms with Crippen LogP contribution in [0.4, 0.5) is 0 Å². The monoisotopic (exact) mass is 263 g/mol. The zero-order valence-electron chi connectivity index (χ0n) is 8.08. The first-order valence-corrected chi connectivity index (χ1v) is 5.94. The molecule has 0 fully saturated rings. The molecule has 1 aromatic rings. The summed E-state index contributed by atoms with van der Waals surface area (Å²) in [6.07, 6.45) is 1.17. The van der Waals surface area contributed by atoms with E-state index in [-0.39, 0.29) is 6.10 Å². The first kappa shape index (κ1) is 11.1. The lowest BCUT2D eigenvalue weighted by atomic mass is 10.1. The summed E-state index contributed by atoms with van der Waals surface area (Å²) in [6, 6.07) is 0. The average molecular weight is 264 g/mol. The number of nitrogens with zero attached hydrogens (tertiary/aromatic N) is 1. The molecule has 1 heterocycles. The fourth-order valence-corrected chi connectivity index (χ4v) is 2.50. The number of aromatic nitrogens is 1. The van der Waals surface area contributed by atoms with E-state index in [1.54, 1.807) is 18.4 Å². The summed E-state index contributed by atoms with van der Waals surface area (Å²) in [6.45, 7) is 4.38. The first-order chi connectivity index (χ1) is 6.13. The summed E-state index contributed by atoms with van der Waals surface area (Å²) in [5, 5.41) is 3.05. The highest BCUT2D eigenvalue weighted by Crippen LogP contribution is 2.28. The van der Waals surface area contributed by atoms with Crippen LogP contribution in [0.15, 0.2) is 9.98 Å². The van der Waals surface area contributed by atoms with Crippen LogP contribution in [0.3, 0.4) is 0 Å². The molecule has 1 atom stereocenters. The zero-order valence-corrected chi connectivity index (χ0v) is 10.5. The van der Waals surface area contributed by atoms with E-state index >= 15 is 0 Å². The highest BCUT2D eigenvalue weighted by Gasteiger charge is 2.15. The molecule has 0 unspecified atom stereocenters. The van der Waals surface area contributed by atoms with E-state index in [1.165, 1.54) is 0 Å². The van der Waals surface area contributed by atoms with E-state index < -0.39 is 0 Å². The largest absolute Gasteiger partial charge is 0.374 e. The number of halogens is 1. The molecule has 0 radical (unpaired) electrons. The van der Waals surface area contributed by atoms with Crippen LogP contribution in [0.5, 0.6) is 0 Å². The Balaban J connectivity index is 2.66. The summed E-state index contributed by atoms with van der Waals surface area (Å²) in [4.78, 5) is 4.35. The molecule has 0 saturated heterocycles. The molecular weight excluding hydrogens is 250 g/mol. The molecule has 2 nitrogen and oxygen atoms in total. The van der Waals surface area contributed by atoms with Gasteiger partial charge in [0.1, 0.15) is 15.7 Å². The van der Waals surface area contributed by atoms with Crippen LogP contribution in [0.25, 0.3) is 0 Å². The molecule has 1 aromatic heterocycles. The number of hydrogen-bond acceptors (Lipinski definition) is 3. The van der Waals surface area contributed by atoms with Crippen molar-refractivity contribution in [2.75, 3.05) is 7.11 Å². The molecule has 0 spiro atoms. The molecule has 0 saturated carbocycles. The van der Waals surface area contributed by atoms with Crippen LogP contribution in [0, 0.1) is 5.92 Å². The third-order valence-corrected chi connectivity index (χ3v) is 3.39. The van der Waals surface area contributed by atoms with Gasteiger partial charge in [0.25, 0.3) is 0 Å². The molecule has 0 aromatic carbocycles. The van der Waals surface area contributed by atoms with Gasteiger partial charge < -0.3 is 4.74 Å². The van der Waals surface area contributed by atoms with Crippen molar-refractivity contribution in [3.8, 4) is 0 Å². The third kappa shape index (κ3) is 3.37. The molecule has 13 heavy (non-hydrogen) atoms. The second-order valence-electron chi connectivity index (χ2n) is 3.36. The van der Waals surface area contributed by atoms with Crippen LogP contribution < -0.4 is 0 Å². The zero-order chi connectivity index (χ0) is 9.84. The van der Waals surface area contributed by atoms with Crippen molar-refractivity contribution in [2.45, 2.75) is 26.4 Å². The molecule has 0 bridgehead atoms. The standard InChI is InChI=1S/C9H14BrNOS/c1-6(2)4-7(12-3)9-11-8(10)5-13-9/h5-7H,4H2,1-3H3/t7-/m0/s1. The number of thiazole rings is 1. The van der Waals surface area contributed by atoms with Crippen LogP contribution >= 0.6 is 27.3 Å². The SMILES string of the molecule is CO[C@@H](CC(C)C)c1nc(Br)cs1. The topological polar surface area (TPSA) is 22.1 Å². The Morgan fingerprint density at radius 3 is 2.69 bits per heavy atom. The minimum Gasteiger partial charge on any atom is -0.374 e. The van der Waals surface area contributed by atoms with Crippen molar-refractivity contribution in [1.82, 2.24) is 4.98 Å². The van der Waals surface area contributed by atoms with Crippen LogP contribution in [-0.2, 0) is 4.74 Å². The Bertz CT molecular complexity index is 262. The molecule has 0 aliphatic carbocycles. The smallest absolute Gasteiger partial charge is 0.123 e. The van der Waals surface area contributed by atoms with Gasteiger partial charge in [0.2, 0.25) is 0 Å². The Morgan fingerprint density at radius 2 is 2.31 bits per heavy atom. The van der Waals surface area contributed by atoms with Crippen molar-refractivity contribution in [2.24, 2.45) is 5.92 Å². The minimum atomic E-state index is 0.149. The quantitative estimate of drug-likeness (QED) is 0.828. The van der Waals surface area contributed by atoms with Crippen LogP contribution in [0.1, 0.15) is 31.4 Å².